The van der Waals surface area contributed by atoms with E-state index in [1.807, 2.05) is 0 Å². The largest absolute Gasteiger partial charge is 0.417 e. The number of pyridine rings is 1. The van der Waals surface area contributed by atoms with Gasteiger partial charge in [0.05, 0.1) is 16.8 Å². The first-order chi connectivity index (χ1) is 6.98. The molecule has 1 aromatic heterocycles. The van der Waals surface area contributed by atoms with E-state index in [1.165, 1.54) is 0 Å². The molecule has 15 heavy (non-hydrogen) atoms. The van der Waals surface area contributed by atoms with Crippen molar-refractivity contribution in [3.05, 3.63) is 29.1 Å². The second kappa shape index (κ2) is 3.22. The Hall–Kier alpha value is -1.59. The van der Waals surface area contributed by atoms with E-state index in [9.17, 15) is 18.0 Å². The fraction of sp³-hybridized carbons (Fsp3) is 0.333. The van der Waals surface area contributed by atoms with Crippen LogP contribution in [0.3, 0.4) is 0 Å². The predicted octanol–water partition coefficient (Wildman–Crippen LogP) is 1.39. The summed E-state index contributed by atoms with van der Waals surface area (Å²) in [6.07, 6.45) is -3.23. The maximum Gasteiger partial charge on any atom is 0.417 e. The molecule has 0 fully saturated rings. The van der Waals surface area contributed by atoms with Crippen LogP contribution in [0.1, 0.15) is 21.6 Å². The van der Waals surface area contributed by atoms with Crippen molar-refractivity contribution in [3.8, 4) is 0 Å². The highest BCUT2D eigenvalue weighted by Crippen LogP contribution is 2.30. The molecule has 2 rings (SSSR count). The third-order valence-electron chi connectivity index (χ3n) is 2.19. The molecule has 0 saturated heterocycles. The quantitative estimate of drug-likeness (QED) is 0.712. The lowest BCUT2D eigenvalue weighted by atomic mass is 10.0. The Balaban J connectivity index is 2.49. The number of aromatic nitrogens is 1. The number of carbonyl (C=O) groups is 1. The van der Waals surface area contributed by atoms with Gasteiger partial charge in [0.15, 0.2) is 0 Å². The van der Waals surface area contributed by atoms with Crippen LogP contribution in [0.2, 0.25) is 0 Å². The van der Waals surface area contributed by atoms with Crippen molar-refractivity contribution in [1.82, 2.24) is 10.3 Å². The van der Waals surface area contributed by atoms with Crippen LogP contribution in [0.4, 0.5) is 13.2 Å². The molecule has 1 amide bonds. The van der Waals surface area contributed by atoms with Crippen molar-refractivity contribution in [2.75, 3.05) is 6.54 Å². The van der Waals surface area contributed by atoms with Gasteiger partial charge in [-0.15, -0.1) is 0 Å². The number of carbonyl (C=O) groups excluding carboxylic acids is 1. The van der Waals surface area contributed by atoms with Crippen LogP contribution < -0.4 is 5.32 Å². The van der Waals surface area contributed by atoms with E-state index in [0.717, 1.165) is 12.3 Å². The summed E-state index contributed by atoms with van der Waals surface area (Å²) in [7, 11) is 0. The molecule has 0 saturated carbocycles. The highest BCUT2D eigenvalue weighted by Gasteiger charge is 2.33. The Kier molecular flexibility index (Phi) is 2.13. The third-order valence-corrected chi connectivity index (χ3v) is 2.19. The first kappa shape index (κ1) is 9.95. The molecule has 0 aromatic carbocycles. The molecule has 1 aromatic rings. The number of hydrogen-bond acceptors (Lipinski definition) is 2. The molecule has 2 heterocycles. The highest BCUT2D eigenvalue weighted by atomic mass is 19.4. The lowest BCUT2D eigenvalue weighted by Gasteiger charge is -2.16. The lowest BCUT2D eigenvalue weighted by Crippen LogP contribution is -2.32. The average Bonchev–Trinajstić information content (AvgIpc) is 2.16. The van der Waals surface area contributed by atoms with Gasteiger partial charge in [-0.25, -0.2) is 0 Å². The van der Waals surface area contributed by atoms with E-state index in [4.69, 9.17) is 0 Å². The number of fused-ring (bicyclic) bond motifs is 1. The summed E-state index contributed by atoms with van der Waals surface area (Å²) in [5.41, 5.74) is -0.443. The first-order valence-electron chi connectivity index (χ1n) is 4.33. The summed E-state index contributed by atoms with van der Waals surface area (Å²) >= 11 is 0. The summed E-state index contributed by atoms with van der Waals surface area (Å²) in [5, 5.41) is 2.47. The fourth-order valence-corrected chi connectivity index (χ4v) is 1.43. The Morgan fingerprint density at radius 1 is 1.40 bits per heavy atom. The molecule has 1 N–H and O–H groups in total. The molecule has 0 unspecified atom stereocenters. The first-order valence-corrected chi connectivity index (χ1v) is 4.33. The average molecular weight is 216 g/mol. The Bertz CT molecular complexity index is 414. The zero-order valence-corrected chi connectivity index (χ0v) is 7.56. The van der Waals surface area contributed by atoms with Crippen molar-refractivity contribution in [2.24, 2.45) is 0 Å². The third kappa shape index (κ3) is 1.79. The molecule has 0 atom stereocenters. The highest BCUT2D eigenvalue weighted by molar-refractivity contribution is 5.96. The minimum atomic E-state index is -4.46. The van der Waals surface area contributed by atoms with E-state index in [2.05, 4.69) is 10.3 Å². The van der Waals surface area contributed by atoms with Crippen LogP contribution in [0, 0.1) is 0 Å². The summed E-state index contributed by atoms with van der Waals surface area (Å²) in [4.78, 5) is 14.9. The van der Waals surface area contributed by atoms with Crippen LogP contribution in [-0.2, 0) is 12.6 Å². The topological polar surface area (TPSA) is 42.0 Å². The zero-order valence-electron chi connectivity index (χ0n) is 7.56. The molecule has 0 spiro atoms. The van der Waals surface area contributed by atoms with Crippen LogP contribution in [-0.4, -0.2) is 17.4 Å². The minimum Gasteiger partial charge on any atom is -0.352 e. The number of alkyl halides is 3. The Morgan fingerprint density at radius 3 is 2.80 bits per heavy atom. The number of nitrogens with zero attached hydrogens (tertiary/aromatic N) is 1. The van der Waals surface area contributed by atoms with Gasteiger partial charge in [-0.05, 0) is 6.07 Å². The molecule has 1 aliphatic rings. The normalized spacial score (nSPS) is 15.8. The van der Waals surface area contributed by atoms with Crippen molar-refractivity contribution < 1.29 is 18.0 Å². The van der Waals surface area contributed by atoms with Gasteiger partial charge in [-0.2, -0.15) is 13.2 Å². The van der Waals surface area contributed by atoms with Gasteiger partial charge in [-0.1, -0.05) is 0 Å². The van der Waals surface area contributed by atoms with Crippen molar-refractivity contribution in [2.45, 2.75) is 12.6 Å². The second-order valence-electron chi connectivity index (χ2n) is 3.22. The van der Waals surface area contributed by atoms with E-state index in [-0.39, 0.29) is 5.56 Å². The molecule has 3 nitrogen and oxygen atoms in total. The maximum absolute atomic E-state index is 12.3. The molecule has 1 aliphatic heterocycles. The molecule has 6 heteroatoms. The van der Waals surface area contributed by atoms with Gasteiger partial charge in [-0.3, -0.25) is 9.78 Å². The monoisotopic (exact) mass is 216 g/mol. The number of nitrogens with one attached hydrogen (secondary N) is 1. The van der Waals surface area contributed by atoms with Gasteiger partial charge in [0.1, 0.15) is 0 Å². The number of rotatable bonds is 0. The summed E-state index contributed by atoms with van der Waals surface area (Å²) in [6.45, 7) is 0.421. The SMILES string of the molecule is O=C1NCCc2ncc(C(F)(F)F)cc21. The standard InChI is InChI=1S/C9H7F3N2O/c10-9(11,12)5-3-6-7(14-4-5)1-2-13-8(6)15/h3-4H,1-2H2,(H,13,15). The molecule has 0 bridgehead atoms. The van der Waals surface area contributed by atoms with Crippen molar-refractivity contribution >= 4 is 5.91 Å². The van der Waals surface area contributed by atoms with Gasteiger partial charge in [0.25, 0.3) is 5.91 Å². The fourth-order valence-electron chi connectivity index (χ4n) is 1.43. The van der Waals surface area contributed by atoms with Crippen LogP contribution in [0.15, 0.2) is 12.3 Å². The summed E-state index contributed by atoms with van der Waals surface area (Å²) in [6, 6.07) is 0.844. The Morgan fingerprint density at radius 2 is 2.13 bits per heavy atom. The van der Waals surface area contributed by atoms with Crippen molar-refractivity contribution in [1.29, 1.82) is 0 Å². The zero-order chi connectivity index (χ0) is 11.1. The molecule has 0 radical (unpaired) electrons. The second-order valence-corrected chi connectivity index (χ2v) is 3.22. The molecular formula is C9H7F3N2O. The van der Waals surface area contributed by atoms with E-state index in [0.29, 0.717) is 18.7 Å². The van der Waals surface area contributed by atoms with E-state index in [1.54, 1.807) is 0 Å². The van der Waals surface area contributed by atoms with Crippen LogP contribution >= 0.6 is 0 Å². The smallest absolute Gasteiger partial charge is 0.352 e. The van der Waals surface area contributed by atoms with Crippen LogP contribution in [0.25, 0.3) is 0 Å². The van der Waals surface area contributed by atoms with E-state index < -0.39 is 17.6 Å². The predicted molar refractivity (Wildman–Crippen MR) is 45.3 cm³/mol. The van der Waals surface area contributed by atoms with Gasteiger partial charge >= 0.3 is 6.18 Å². The van der Waals surface area contributed by atoms with Gasteiger partial charge in [0.2, 0.25) is 0 Å². The number of halogens is 3. The minimum absolute atomic E-state index is 0.0241. The number of hydrogen-bond donors (Lipinski definition) is 1. The lowest BCUT2D eigenvalue weighted by molar-refractivity contribution is -0.137. The summed E-state index contributed by atoms with van der Waals surface area (Å²) in [5.74, 6) is -0.491. The molecule has 0 aliphatic carbocycles. The van der Waals surface area contributed by atoms with E-state index >= 15 is 0 Å². The van der Waals surface area contributed by atoms with Crippen molar-refractivity contribution in [3.63, 3.8) is 0 Å². The van der Waals surface area contributed by atoms with Gasteiger partial charge < -0.3 is 5.32 Å². The molecule has 80 valence electrons. The van der Waals surface area contributed by atoms with Crippen LogP contribution in [0.5, 0.6) is 0 Å². The molecular weight excluding hydrogens is 209 g/mol. The van der Waals surface area contributed by atoms with Gasteiger partial charge in [0, 0.05) is 19.2 Å². The number of amides is 1. The Labute approximate surface area is 83.3 Å². The summed E-state index contributed by atoms with van der Waals surface area (Å²) < 4.78 is 36.9. The maximum atomic E-state index is 12.3.